The predicted molar refractivity (Wildman–Crippen MR) is 83.0 cm³/mol. The molecular weight excluding hydrogens is 337 g/mol. The van der Waals surface area contributed by atoms with Crippen molar-refractivity contribution in [1.29, 1.82) is 0 Å². The van der Waals surface area contributed by atoms with Crippen LogP contribution in [0.1, 0.15) is 35.7 Å². The third-order valence-electron chi connectivity index (χ3n) is 3.86. The van der Waals surface area contributed by atoms with Gasteiger partial charge < -0.3 is 4.74 Å². The fraction of sp³-hybridized carbons (Fsp3) is 0.389. The topological polar surface area (TPSA) is 60.4 Å². The van der Waals surface area contributed by atoms with Crippen LogP contribution in [0.15, 0.2) is 35.7 Å². The lowest BCUT2D eigenvalue weighted by atomic mass is 9.84. The lowest BCUT2D eigenvalue weighted by Crippen LogP contribution is -2.29. The normalized spacial score (nSPS) is 17.8. The Morgan fingerprint density at radius 3 is 2.36 bits per heavy atom. The Labute approximate surface area is 142 Å². The number of carbonyl (C=O) groups excluding carboxylic acids is 3. The molecule has 0 amide bonds. The molecule has 0 heterocycles. The van der Waals surface area contributed by atoms with E-state index >= 15 is 0 Å². The quantitative estimate of drug-likeness (QED) is 0.446. The van der Waals surface area contributed by atoms with Crippen molar-refractivity contribution in [3.63, 3.8) is 0 Å². The number of ether oxygens (including phenoxy) is 1. The minimum atomic E-state index is -2.51. The minimum Gasteiger partial charge on any atom is -0.466 e. The van der Waals surface area contributed by atoms with Crippen LogP contribution in [-0.2, 0) is 20.7 Å². The number of esters is 1. The van der Waals surface area contributed by atoms with Gasteiger partial charge in [-0.15, -0.1) is 0 Å². The summed E-state index contributed by atoms with van der Waals surface area (Å²) < 4.78 is 43.7. The van der Waals surface area contributed by atoms with Gasteiger partial charge in [0.05, 0.1) is 18.1 Å². The van der Waals surface area contributed by atoms with Crippen molar-refractivity contribution in [2.75, 3.05) is 6.61 Å². The van der Waals surface area contributed by atoms with E-state index in [1.54, 1.807) is 6.92 Å². The predicted octanol–water partition coefficient (Wildman–Crippen LogP) is 3.44. The molecule has 7 heteroatoms. The largest absolute Gasteiger partial charge is 0.466 e. The molecule has 1 aromatic rings. The van der Waals surface area contributed by atoms with Crippen LogP contribution in [-0.4, -0.2) is 30.6 Å². The lowest BCUT2D eigenvalue weighted by Gasteiger charge is -2.20. The lowest BCUT2D eigenvalue weighted by molar-refractivity contribution is -0.149. The highest BCUT2D eigenvalue weighted by Crippen LogP contribution is 2.31. The molecule has 0 N–H and O–H groups in total. The summed E-state index contributed by atoms with van der Waals surface area (Å²) in [5.74, 6) is -4.13. The molecule has 1 atom stereocenters. The first kappa shape index (κ1) is 18.9. The highest BCUT2D eigenvalue weighted by atomic mass is 19.3. The second-order valence-electron chi connectivity index (χ2n) is 5.68. The van der Waals surface area contributed by atoms with Crippen LogP contribution in [0, 0.1) is 5.92 Å². The zero-order valence-electron chi connectivity index (χ0n) is 13.6. The van der Waals surface area contributed by atoms with Crippen molar-refractivity contribution in [2.45, 2.75) is 32.6 Å². The smallest absolute Gasteiger partial charge is 0.309 e. The number of allylic oxidation sites excluding steroid dienone is 2. The molecule has 1 aliphatic carbocycles. The molecule has 1 unspecified atom stereocenters. The molecule has 1 aromatic carbocycles. The van der Waals surface area contributed by atoms with Crippen LogP contribution in [0.5, 0.6) is 0 Å². The van der Waals surface area contributed by atoms with Crippen molar-refractivity contribution in [2.24, 2.45) is 5.92 Å². The SMILES string of the molecule is CCOC(=O)C1CC(=O)C(C(=O)c2ccc(CC(F)F)cc2)=C(F)C1. The van der Waals surface area contributed by atoms with Gasteiger partial charge in [-0.2, -0.15) is 0 Å². The van der Waals surface area contributed by atoms with Gasteiger partial charge >= 0.3 is 5.97 Å². The Bertz CT molecular complexity index is 708. The molecule has 4 nitrogen and oxygen atoms in total. The first-order valence-corrected chi connectivity index (χ1v) is 7.83. The van der Waals surface area contributed by atoms with E-state index in [0.29, 0.717) is 5.56 Å². The van der Waals surface area contributed by atoms with E-state index in [9.17, 15) is 27.6 Å². The van der Waals surface area contributed by atoms with Crippen LogP contribution >= 0.6 is 0 Å². The summed E-state index contributed by atoms with van der Waals surface area (Å²) in [6.45, 7) is 1.72. The number of alkyl halides is 2. The number of hydrogen-bond donors (Lipinski definition) is 0. The van der Waals surface area contributed by atoms with Crippen molar-refractivity contribution in [1.82, 2.24) is 0 Å². The summed E-state index contributed by atoms with van der Waals surface area (Å²) in [4.78, 5) is 36.1. The first-order valence-electron chi connectivity index (χ1n) is 7.83. The average Bonchev–Trinajstić information content (AvgIpc) is 2.54. The second kappa shape index (κ2) is 8.09. The maximum absolute atomic E-state index is 14.3. The van der Waals surface area contributed by atoms with Gasteiger partial charge in [-0.25, -0.2) is 13.2 Å². The molecule has 0 saturated heterocycles. The molecule has 0 radical (unpaired) electrons. The Morgan fingerprint density at radius 1 is 1.20 bits per heavy atom. The van der Waals surface area contributed by atoms with Crippen LogP contribution in [0.2, 0.25) is 0 Å². The number of halogens is 3. The molecule has 0 aromatic heterocycles. The van der Waals surface area contributed by atoms with Gasteiger partial charge in [0.2, 0.25) is 6.43 Å². The minimum absolute atomic E-state index is 0.0334. The molecule has 0 saturated carbocycles. The van der Waals surface area contributed by atoms with Gasteiger partial charge in [0.1, 0.15) is 5.83 Å². The molecule has 0 fully saturated rings. The fourth-order valence-corrected chi connectivity index (χ4v) is 2.66. The molecular formula is C18H17F3O4. The van der Waals surface area contributed by atoms with Gasteiger partial charge in [-0.3, -0.25) is 14.4 Å². The number of rotatable bonds is 6. The summed E-state index contributed by atoms with van der Waals surface area (Å²) in [6, 6.07) is 5.25. The number of benzene rings is 1. The van der Waals surface area contributed by atoms with Crippen molar-refractivity contribution in [3.05, 3.63) is 46.8 Å². The van der Waals surface area contributed by atoms with E-state index < -0.39 is 47.7 Å². The van der Waals surface area contributed by atoms with E-state index in [1.807, 2.05) is 0 Å². The highest BCUT2D eigenvalue weighted by Gasteiger charge is 2.36. The first-order chi connectivity index (χ1) is 11.8. The molecule has 2 rings (SSSR count). The number of carbonyl (C=O) groups is 3. The van der Waals surface area contributed by atoms with E-state index in [0.717, 1.165) is 0 Å². The zero-order chi connectivity index (χ0) is 18.6. The Morgan fingerprint density at radius 2 is 1.84 bits per heavy atom. The molecule has 1 aliphatic rings. The summed E-state index contributed by atoms with van der Waals surface area (Å²) >= 11 is 0. The number of ketones is 2. The molecule has 25 heavy (non-hydrogen) atoms. The Kier molecular flexibility index (Phi) is 6.12. The van der Waals surface area contributed by atoms with Crippen LogP contribution < -0.4 is 0 Å². The van der Waals surface area contributed by atoms with Gasteiger partial charge in [-0.05, 0) is 12.5 Å². The third-order valence-corrected chi connectivity index (χ3v) is 3.86. The summed E-state index contributed by atoms with van der Waals surface area (Å²) in [6.07, 6.45) is -3.63. The van der Waals surface area contributed by atoms with E-state index in [-0.39, 0.29) is 25.0 Å². The van der Waals surface area contributed by atoms with E-state index in [4.69, 9.17) is 4.74 Å². The van der Waals surface area contributed by atoms with Gasteiger partial charge in [-0.1, -0.05) is 24.3 Å². The Balaban J connectivity index is 2.19. The van der Waals surface area contributed by atoms with E-state index in [2.05, 4.69) is 0 Å². The maximum Gasteiger partial charge on any atom is 0.309 e. The fourth-order valence-electron chi connectivity index (χ4n) is 2.66. The standard InChI is InChI=1S/C18H17F3O4/c1-2-25-18(24)12-8-13(19)16(14(22)9-12)17(23)11-5-3-10(4-6-11)7-15(20)21/h3-6,12,15H,2,7-9H2,1H3. The summed E-state index contributed by atoms with van der Waals surface area (Å²) in [7, 11) is 0. The van der Waals surface area contributed by atoms with Crippen molar-refractivity contribution < 1.29 is 32.3 Å². The molecule has 0 bridgehead atoms. The summed E-state index contributed by atoms with van der Waals surface area (Å²) in [5, 5.41) is 0. The van der Waals surface area contributed by atoms with Crippen LogP contribution in [0.4, 0.5) is 13.2 Å². The zero-order valence-corrected chi connectivity index (χ0v) is 13.6. The van der Waals surface area contributed by atoms with Gasteiger partial charge in [0.25, 0.3) is 0 Å². The van der Waals surface area contributed by atoms with E-state index in [1.165, 1.54) is 24.3 Å². The maximum atomic E-state index is 14.3. The number of Topliss-reactive ketones (excluding diaryl/α,β-unsaturated/α-hetero) is 2. The molecule has 0 aliphatic heterocycles. The van der Waals surface area contributed by atoms with Crippen LogP contribution in [0.3, 0.4) is 0 Å². The third kappa shape index (κ3) is 4.55. The van der Waals surface area contributed by atoms with Gasteiger partial charge in [0, 0.05) is 24.8 Å². The Hall–Kier alpha value is -2.44. The monoisotopic (exact) mass is 354 g/mol. The van der Waals surface area contributed by atoms with Gasteiger partial charge in [0.15, 0.2) is 11.6 Å². The average molecular weight is 354 g/mol. The highest BCUT2D eigenvalue weighted by molar-refractivity contribution is 6.27. The number of hydrogen-bond acceptors (Lipinski definition) is 4. The second-order valence-corrected chi connectivity index (χ2v) is 5.68. The van der Waals surface area contributed by atoms with Crippen molar-refractivity contribution in [3.8, 4) is 0 Å². The molecule has 134 valence electrons. The molecule has 0 spiro atoms. The summed E-state index contributed by atoms with van der Waals surface area (Å²) in [5.41, 5.74) is -0.216. The van der Waals surface area contributed by atoms with Crippen LogP contribution in [0.25, 0.3) is 0 Å². The van der Waals surface area contributed by atoms with Crippen molar-refractivity contribution >= 4 is 17.5 Å².